The Morgan fingerprint density at radius 2 is 2.05 bits per heavy atom. The highest BCUT2D eigenvalue weighted by Gasteiger charge is 2.38. The van der Waals surface area contributed by atoms with Gasteiger partial charge in [0, 0.05) is 6.54 Å². The van der Waals surface area contributed by atoms with E-state index in [2.05, 4.69) is 6.92 Å². The highest BCUT2D eigenvalue weighted by atomic mass is 16.5. The van der Waals surface area contributed by atoms with E-state index in [4.69, 9.17) is 4.74 Å². The van der Waals surface area contributed by atoms with Gasteiger partial charge in [-0.15, -0.1) is 0 Å². The second kappa shape index (κ2) is 8.49. The molecule has 1 aliphatic heterocycles. The van der Waals surface area contributed by atoms with Gasteiger partial charge in [-0.2, -0.15) is 5.06 Å². The lowest BCUT2D eigenvalue weighted by atomic mass is 10.0. The third-order valence-corrected chi connectivity index (χ3v) is 4.17. The summed E-state index contributed by atoms with van der Waals surface area (Å²) in [5.41, 5.74) is 1.12. The predicted molar refractivity (Wildman–Crippen MR) is 82.1 cm³/mol. The molecule has 3 atom stereocenters. The van der Waals surface area contributed by atoms with Crippen molar-refractivity contribution >= 4 is 0 Å². The molecule has 1 fully saturated rings. The number of aliphatic hydroxyl groups is 1. The van der Waals surface area contributed by atoms with Crippen LogP contribution >= 0.6 is 0 Å². The molecular formula is C17H27NO3. The van der Waals surface area contributed by atoms with Crippen LogP contribution < -0.4 is 0 Å². The zero-order valence-electron chi connectivity index (χ0n) is 12.8. The van der Waals surface area contributed by atoms with Gasteiger partial charge in [0.15, 0.2) is 0 Å². The van der Waals surface area contributed by atoms with Crippen molar-refractivity contribution in [2.45, 2.75) is 63.9 Å². The number of hydrogen-bond acceptors (Lipinski definition) is 4. The Balaban J connectivity index is 1.85. The summed E-state index contributed by atoms with van der Waals surface area (Å²) < 4.78 is 5.94. The lowest BCUT2D eigenvalue weighted by Crippen LogP contribution is -2.44. The van der Waals surface area contributed by atoms with Gasteiger partial charge < -0.3 is 15.1 Å². The van der Waals surface area contributed by atoms with Crippen molar-refractivity contribution in [1.82, 2.24) is 5.06 Å². The fourth-order valence-corrected chi connectivity index (χ4v) is 2.95. The second-order valence-electron chi connectivity index (χ2n) is 5.84. The van der Waals surface area contributed by atoms with Crippen molar-refractivity contribution in [3.8, 4) is 0 Å². The third-order valence-electron chi connectivity index (χ3n) is 4.17. The molecule has 2 N–H and O–H groups in total. The maximum absolute atomic E-state index is 10.3. The number of ether oxygens (including phenoxy) is 1. The Kier molecular flexibility index (Phi) is 6.64. The smallest absolute Gasteiger partial charge is 0.0871 e. The number of benzene rings is 1. The molecule has 0 bridgehead atoms. The minimum atomic E-state index is -0.523. The van der Waals surface area contributed by atoms with E-state index < -0.39 is 6.10 Å². The zero-order valence-corrected chi connectivity index (χ0v) is 12.8. The van der Waals surface area contributed by atoms with Gasteiger partial charge in [-0.25, -0.2) is 0 Å². The van der Waals surface area contributed by atoms with Crippen molar-refractivity contribution in [3.05, 3.63) is 35.9 Å². The van der Waals surface area contributed by atoms with Crippen LogP contribution in [0.5, 0.6) is 0 Å². The van der Waals surface area contributed by atoms with Gasteiger partial charge in [-0.05, 0) is 18.4 Å². The molecule has 0 spiro atoms. The topological polar surface area (TPSA) is 52.9 Å². The summed E-state index contributed by atoms with van der Waals surface area (Å²) in [5.74, 6) is 0. The van der Waals surface area contributed by atoms with E-state index in [0.717, 1.165) is 37.7 Å². The van der Waals surface area contributed by atoms with Crippen LogP contribution in [-0.4, -0.2) is 40.2 Å². The van der Waals surface area contributed by atoms with Gasteiger partial charge >= 0.3 is 0 Å². The van der Waals surface area contributed by atoms with E-state index in [-0.39, 0.29) is 12.1 Å². The lowest BCUT2D eigenvalue weighted by molar-refractivity contribution is -0.156. The van der Waals surface area contributed by atoms with E-state index in [0.29, 0.717) is 13.2 Å². The fourth-order valence-electron chi connectivity index (χ4n) is 2.95. The van der Waals surface area contributed by atoms with E-state index in [1.165, 1.54) is 5.06 Å². The molecule has 4 heteroatoms. The molecular weight excluding hydrogens is 266 g/mol. The van der Waals surface area contributed by atoms with Gasteiger partial charge in [0.25, 0.3) is 0 Å². The fraction of sp³-hybridized carbons (Fsp3) is 0.647. The molecule has 0 amide bonds. The van der Waals surface area contributed by atoms with Gasteiger partial charge in [-0.1, -0.05) is 56.5 Å². The molecule has 1 unspecified atom stereocenters. The first kappa shape index (κ1) is 16.4. The van der Waals surface area contributed by atoms with Crippen molar-refractivity contribution in [3.63, 3.8) is 0 Å². The van der Waals surface area contributed by atoms with Crippen LogP contribution in [0.3, 0.4) is 0 Å². The summed E-state index contributed by atoms with van der Waals surface area (Å²) in [6, 6.07) is 9.71. The van der Waals surface area contributed by atoms with Crippen LogP contribution in [0.4, 0.5) is 0 Å². The van der Waals surface area contributed by atoms with Crippen molar-refractivity contribution < 1.29 is 15.1 Å². The molecule has 1 heterocycles. The Hall–Kier alpha value is -0.940. The molecule has 0 aliphatic carbocycles. The number of unbranched alkanes of at least 4 members (excludes halogenated alkanes) is 2. The summed E-state index contributed by atoms with van der Waals surface area (Å²) in [7, 11) is 0. The number of hydrogen-bond donors (Lipinski definition) is 2. The number of aliphatic hydroxyl groups excluding tert-OH is 1. The standard InChI is InChI=1S/C17H27NO3/c1-2-3-5-10-15(19)17-16(11-12-18(17)20)21-13-14-8-6-4-7-9-14/h4,6-9,15-17,19-20H,2-3,5,10-13H2,1H3/t15?,16-,17+/m0/s1. The number of rotatable bonds is 8. The maximum Gasteiger partial charge on any atom is 0.0871 e. The van der Waals surface area contributed by atoms with Crippen molar-refractivity contribution in [2.75, 3.05) is 6.54 Å². The highest BCUT2D eigenvalue weighted by molar-refractivity contribution is 5.13. The first-order chi connectivity index (χ1) is 10.2. The normalized spacial score (nSPS) is 24.3. The zero-order chi connectivity index (χ0) is 15.1. The molecule has 1 aromatic rings. The SMILES string of the molecule is CCCCCC(O)[C@@H]1[C@@H](OCc2ccccc2)CCN1O. The van der Waals surface area contributed by atoms with Gasteiger partial charge in [0.2, 0.25) is 0 Å². The molecule has 2 rings (SSSR count). The predicted octanol–water partition coefficient (Wildman–Crippen LogP) is 2.98. The summed E-state index contributed by atoms with van der Waals surface area (Å²) in [5, 5.41) is 21.6. The van der Waals surface area contributed by atoms with E-state index in [9.17, 15) is 10.3 Å². The Labute approximate surface area is 127 Å². The molecule has 1 aromatic carbocycles. The Morgan fingerprint density at radius 3 is 2.76 bits per heavy atom. The summed E-state index contributed by atoms with van der Waals surface area (Å²) in [6.07, 6.45) is 4.10. The summed E-state index contributed by atoms with van der Waals surface area (Å²) in [4.78, 5) is 0. The van der Waals surface area contributed by atoms with Gasteiger partial charge in [0.05, 0.1) is 24.9 Å². The molecule has 1 aliphatic rings. The molecule has 0 aromatic heterocycles. The quantitative estimate of drug-likeness (QED) is 0.724. The van der Waals surface area contributed by atoms with Gasteiger partial charge in [0.1, 0.15) is 0 Å². The average Bonchev–Trinajstić information content (AvgIpc) is 2.87. The average molecular weight is 293 g/mol. The van der Waals surface area contributed by atoms with Crippen LogP contribution in [0, 0.1) is 0 Å². The van der Waals surface area contributed by atoms with E-state index >= 15 is 0 Å². The molecule has 1 saturated heterocycles. The third kappa shape index (κ3) is 4.78. The second-order valence-corrected chi connectivity index (χ2v) is 5.84. The first-order valence-corrected chi connectivity index (χ1v) is 8.01. The van der Waals surface area contributed by atoms with E-state index in [1.807, 2.05) is 30.3 Å². The maximum atomic E-state index is 10.3. The summed E-state index contributed by atoms with van der Waals surface area (Å²) >= 11 is 0. The molecule has 118 valence electrons. The Bertz CT molecular complexity index is 398. The van der Waals surface area contributed by atoms with Crippen LogP contribution in [0.2, 0.25) is 0 Å². The van der Waals surface area contributed by atoms with E-state index in [1.54, 1.807) is 0 Å². The van der Waals surface area contributed by atoms with Crippen LogP contribution in [0.1, 0.15) is 44.6 Å². The van der Waals surface area contributed by atoms with Crippen LogP contribution in [-0.2, 0) is 11.3 Å². The highest BCUT2D eigenvalue weighted by Crippen LogP contribution is 2.25. The molecule has 21 heavy (non-hydrogen) atoms. The lowest BCUT2D eigenvalue weighted by Gasteiger charge is -2.28. The Morgan fingerprint density at radius 1 is 1.29 bits per heavy atom. The largest absolute Gasteiger partial charge is 0.391 e. The molecule has 4 nitrogen and oxygen atoms in total. The number of hydroxylamine groups is 2. The van der Waals surface area contributed by atoms with Crippen LogP contribution in [0.15, 0.2) is 30.3 Å². The minimum absolute atomic E-state index is 0.105. The summed E-state index contributed by atoms with van der Waals surface area (Å²) in [6.45, 7) is 3.23. The minimum Gasteiger partial charge on any atom is -0.391 e. The molecule has 0 saturated carbocycles. The first-order valence-electron chi connectivity index (χ1n) is 8.01. The molecule has 0 radical (unpaired) electrons. The van der Waals surface area contributed by atoms with Crippen molar-refractivity contribution in [1.29, 1.82) is 0 Å². The monoisotopic (exact) mass is 293 g/mol. The van der Waals surface area contributed by atoms with Gasteiger partial charge in [-0.3, -0.25) is 0 Å². The van der Waals surface area contributed by atoms with Crippen LogP contribution in [0.25, 0.3) is 0 Å². The number of nitrogens with zero attached hydrogens (tertiary/aromatic N) is 1. The van der Waals surface area contributed by atoms with Crippen molar-refractivity contribution in [2.24, 2.45) is 0 Å².